The van der Waals surface area contributed by atoms with Crippen LogP contribution in [-0.2, 0) is 0 Å². The average molecular weight is 268 g/mol. The van der Waals surface area contributed by atoms with Crippen molar-refractivity contribution in [2.24, 2.45) is 5.92 Å². The fourth-order valence-electron chi connectivity index (χ4n) is 2.63. The first kappa shape index (κ1) is 13.2. The molecule has 1 saturated carbocycles. The van der Waals surface area contributed by atoms with Crippen LogP contribution in [0, 0.1) is 5.92 Å². The molecular weight excluding hydrogens is 250 g/mol. The molecule has 1 aliphatic rings. The molecule has 0 saturated heterocycles. The summed E-state index contributed by atoms with van der Waals surface area (Å²) >= 11 is 6.15. The number of halogens is 1. The maximum atomic E-state index is 10.8. The number of hydrogen-bond donors (Lipinski definition) is 1. The van der Waals surface area contributed by atoms with E-state index in [2.05, 4.69) is 4.90 Å². The van der Waals surface area contributed by atoms with Crippen LogP contribution in [0.2, 0.25) is 5.02 Å². The molecule has 1 N–H and O–H groups in total. The highest BCUT2D eigenvalue weighted by molar-refractivity contribution is 6.33. The molecule has 0 heterocycles. The molecule has 1 fully saturated rings. The number of nitrogens with zero attached hydrogens (tertiary/aromatic N) is 1. The number of aromatic carboxylic acids is 1. The van der Waals surface area contributed by atoms with Crippen molar-refractivity contribution >= 4 is 23.3 Å². The standard InChI is InChI=1S/C14H18ClNO2/c1-16(9-10-4-2-3-5-10)13-7-6-11(14(17)18)8-12(13)15/h6-8,10H,2-5,9H2,1H3,(H,17,18). The van der Waals surface area contributed by atoms with Crippen LogP contribution in [0.1, 0.15) is 36.0 Å². The van der Waals surface area contributed by atoms with Crippen LogP contribution in [0.3, 0.4) is 0 Å². The van der Waals surface area contributed by atoms with Gasteiger partial charge in [0.05, 0.1) is 16.3 Å². The molecule has 0 bridgehead atoms. The topological polar surface area (TPSA) is 40.5 Å². The van der Waals surface area contributed by atoms with Gasteiger partial charge >= 0.3 is 5.97 Å². The molecule has 0 aliphatic heterocycles. The fraction of sp³-hybridized carbons (Fsp3) is 0.500. The second-order valence-electron chi connectivity index (χ2n) is 5.00. The van der Waals surface area contributed by atoms with Crippen molar-refractivity contribution in [1.29, 1.82) is 0 Å². The molecule has 18 heavy (non-hydrogen) atoms. The maximum absolute atomic E-state index is 10.8. The van der Waals surface area contributed by atoms with Crippen LogP contribution >= 0.6 is 11.6 Å². The number of carbonyl (C=O) groups is 1. The molecule has 0 spiro atoms. The molecular formula is C14H18ClNO2. The summed E-state index contributed by atoms with van der Waals surface area (Å²) in [4.78, 5) is 13.0. The molecule has 4 heteroatoms. The number of carboxylic acid groups (broad SMARTS) is 1. The predicted molar refractivity (Wildman–Crippen MR) is 73.6 cm³/mol. The van der Waals surface area contributed by atoms with Crippen molar-refractivity contribution in [2.45, 2.75) is 25.7 Å². The third kappa shape index (κ3) is 2.96. The van der Waals surface area contributed by atoms with Gasteiger partial charge in [-0.15, -0.1) is 0 Å². The Morgan fingerprint density at radius 1 is 1.44 bits per heavy atom. The van der Waals surface area contributed by atoms with Gasteiger partial charge in [0.1, 0.15) is 0 Å². The lowest BCUT2D eigenvalue weighted by Crippen LogP contribution is -2.24. The minimum absolute atomic E-state index is 0.234. The van der Waals surface area contributed by atoms with Gasteiger partial charge in [-0.25, -0.2) is 4.79 Å². The van der Waals surface area contributed by atoms with Gasteiger partial charge in [-0.05, 0) is 37.0 Å². The maximum Gasteiger partial charge on any atom is 0.335 e. The largest absolute Gasteiger partial charge is 0.478 e. The van der Waals surface area contributed by atoms with Gasteiger partial charge in [0.2, 0.25) is 0 Å². The second kappa shape index (κ2) is 5.61. The van der Waals surface area contributed by atoms with E-state index in [4.69, 9.17) is 16.7 Å². The summed E-state index contributed by atoms with van der Waals surface area (Å²) in [7, 11) is 2.01. The van der Waals surface area contributed by atoms with Gasteiger partial charge in [-0.2, -0.15) is 0 Å². The van der Waals surface area contributed by atoms with Crippen LogP contribution < -0.4 is 4.90 Å². The highest BCUT2D eigenvalue weighted by atomic mass is 35.5. The summed E-state index contributed by atoms with van der Waals surface area (Å²) in [5, 5.41) is 9.41. The third-order valence-electron chi connectivity index (χ3n) is 3.61. The molecule has 3 nitrogen and oxygen atoms in total. The van der Waals surface area contributed by atoms with Gasteiger partial charge < -0.3 is 10.0 Å². The van der Waals surface area contributed by atoms with Gasteiger partial charge in [0.25, 0.3) is 0 Å². The lowest BCUT2D eigenvalue weighted by molar-refractivity contribution is 0.0697. The Labute approximate surface area is 112 Å². The second-order valence-corrected chi connectivity index (χ2v) is 5.41. The lowest BCUT2D eigenvalue weighted by atomic mass is 10.1. The normalized spacial score (nSPS) is 15.9. The molecule has 2 rings (SSSR count). The highest BCUT2D eigenvalue weighted by Crippen LogP contribution is 2.30. The van der Waals surface area contributed by atoms with Crippen LogP contribution in [0.4, 0.5) is 5.69 Å². The zero-order chi connectivity index (χ0) is 13.1. The zero-order valence-corrected chi connectivity index (χ0v) is 11.3. The first-order chi connectivity index (χ1) is 8.58. The van der Waals surface area contributed by atoms with Crippen molar-refractivity contribution in [3.63, 3.8) is 0 Å². The Bertz CT molecular complexity index is 441. The minimum Gasteiger partial charge on any atom is -0.478 e. The van der Waals surface area contributed by atoms with Gasteiger partial charge in [0.15, 0.2) is 0 Å². The van der Waals surface area contributed by atoms with Crippen LogP contribution in [0.5, 0.6) is 0 Å². The Hall–Kier alpha value is -1.22. The molecule has 0 amide bonds. The number of rotatable bonds is 4. The summed E-state index contributed by atoms with van der Waals surface area (Å²) in [6, 6.07) is 4.92. The van der Waals surface area contributed by atoms with Crippen molar-refractivity contribution in [3.05, 3.63) is 28.8 Å². The molecule has 1 aliphatic carbocycles. The predicted octanol–water partition coefficient (Wildman–Crippen LogP) is 3.66. The van der Waals surface area contributed by atoms with E-state index >= 15 is 0 Å². The number of benzene rings is 1. The van der Waals surface area contributed by atoms with Crippen LogP contribution in [-0.4, -0.2) is 24.7 Å². The zero-order valence-electron chi connectivity index (χ0n) is 10.5. The van der Waals surface area contributed by atoms with Crippen LogP contribution in [0.25, 0.3) is 0 Å². The first-order valence-electron chi connectivity index (χ1n) is 6.32. The van der Waals surface area contributed by atoms with E-state index in [-0.39, 0.29) is 5.56 Å². The van der Waals surface area contributed by atoms with E-state index in [9.17, 15) is 4.79 Å². The van der Waals surface area contributed by atoms with E-state index in [1.54, 1.807) is 12.1 Å². The smallest absolute Gasteiger partial charge is 0.335 e. The quantitative estimate of drug-likeness (QED) is 0.905. The summed E-state index contributed by atoms with van der Waals surface area (Å²) in [5.41, 5.74) is 1.14. The molecule has 0 radical (unpaired) electrons. The fourth-order valence-corrected chi connectivity index (χ4v) is 2.95. The molecule has 0 atom stereocenters. The number of carboxylic acids is 1. The summed E-state index contributed by atoms with van der Waals surface area (Å²) in [6.07, 6.45) is 5.22. The minimum atomic E-state index is -0.943. The lowest BCUT2D eigenvalue weighted by Gasteiger charge is -2.24. The summed E-state index contributed by atoms with van der Waals surface area (Å²) in [6.45, 7) is 0.992. The Balaban J connectivity index is 2.09. The molecule has 0 unspecified atom stereocenters. The molecule has 1 aromatic rings. The number of anilines is 1. The monoisotopic (exact) mass is 267 g/mol. The van der Waals surface area contributed by atoms with E-state index in [0.717, 1.165) is 18.2 Å². The molecule has 1 aromatic carbocycles. The third-order valence-corrected chi connectivity index (χ3v) is 3.92. The summed E-state index contributed by atoms with van der Waals surface area (Å²) in [5.74, 6) is -0.202. The average Bonchev–Trinajstić information content (AvgIpc) is 2.81. The van der Waals surface area contributed by atoms with Gasteiger partial charge in [-0.3, -0.25) is 0 Å². The molecule has 98 valence electrons. The van der Waals surface area contributed by atoms with E-state index in [0.29, 0.717) is 5.02 Å². The van der Waals surface area contributed by atoms with E-state index in [1.807, 2.05) is 7.05 Å². The SMILES string of the molecule is CN(CC1CCCC1)c1ccc(C(=O)O)cc1Cl. The van der Waals surface area contributed by atoms with Crippen molar-refractivity contribution in [1.82, 2.24) is 0 Å². The van der Waals surface area contributed by atoms with Crippen molar-refractivity contribution in [3.8, 4) is 0 Å². The van der Waals surface area contributed by atoms with Crippen molar-refractivity contribution in [2.75, 3.05) is 18.5 Å². The van der Waals surface area contributed by atoms with Gasteiger partial charge in [-0.1, -0.05) is 24.4 Å². The van der Waals surface area contributed by atoms with Gasteiger partial charge in [0, 0.05) is 13.6 Å². The number of hydrogen-bond acceptors (Lipinski definition) is 2. The Kier molecular flexibility index (Phi) is 4.12. The first-order valence-corrected chi connectivity index (χ1v) is 6.69. The van der Waals surface area contributed by atoms with Crippen LogP contribution in [0.15, 0.2) is 18.2 Å². The van der Waals surface area contributed by atoms with E-state index < -0.39 is 5.97 Å². The molecule has 0 aromatic heterocycles. The Morgan fingerprint density at radius 3 is 2.67 bits per heavy atom. The van der Waals surface area contributed by atoms with Crippen molar-refractivity contribution < 1.29 is 9.90 Å². The van der Waals surface area contributed by atoms with E-state index in [1.165, 1.54) is 31.7 Å². The summed E-state index contributed by atoms with van der Waals surface area (Å²) < 4.78 is 0. The highest BCUT2D eigenvalue weighted by Gasteiger charge is 2.18. The Morgan fingerprint density at radius 2 is 2.11 bits per heavy atom.